The molecule has 1 aromatic carbocycles. The third-order valence-corrected chi connectivity index (χ3v) is 3.57. The number of carbonyl (C=O) groups is 2. The van der Waals surface area contributed by atoms with Crippen LogP contribution in [0.1, 0.15) is 27.2 Å². The molecule has 3 amide bonds. The lowest BCUT2D eigenvalue weighted by molar-refractivity contribution is -0.128. The van der Waals surface area contributed by atoms with Gasteiger partial charge in [-0.15, -0.1) is 0 Å². The molecule has 2 rings (SSSR count). The summed E-state index contributed by atoms with van der Waals surface area (Å²) in [5, 5.41) is 5.62. The maximum absolute atomic E-state index is 12.1. The Kier molecular flexibility index (Phi) is 5.13. The predicted octanol–water partition coefficient (Wildman–Crippen LogP) is 2.46. The summed E-state index contributed by atoms with van der Waals surface area (Å²) in [5.41, 5.74) is 0.646. The number of hydrogen-bond donors (Lipinski definition) is 2. The number of amides is 3. The van der Waals surface area contributed by atoms with Gasteiger partial charge >= 0.3 is 6.03 Å². The lowest BCUT2D eigenvalue weighted by Gasteiger charge is -2.26. The normalized spacial score (nSPS) is 18.0. The van der Waals surface area contributed by atoms with Crippen LogP contribution in [-0.2, 0) is 4.79 Å². The summed E-state index contributed by atoms with van der Waals surface area (Å²) < 4.78 is 5.20. The van der Waals surface area contributed by atoms with Crippen LogP contribution < -0.4 is 15.4 Å². The first-order valence-electron chi connectivity index (χ1n) is 7.77. The Hall–Kier alpha value is -2.24. The number of carbonyl (C=O) groups excluding carboxylic acids is 2. The summed E-state index contributed by atoms with van der Waals surface area (Å²) in [6.07, 6.45) is 0.343. The maximum atomic E-state index is 12.1. The second-order valence-electron chi connectivity index (χ2n) is 7.03. The van der Waals surface area contributed by atoms with E-state index >= 15 is 0 Å². The molecule has 1 heterocycles. The summed E-state index contributed by atoms with van der Waals surface area (Å²) in [6.45, 7) is 7.52. The van der Waals surface area contributed by atoms with Crippen LogP contribution in [0.25, 0.3) is 0 Å². The summed E-state index contributed by atoms with van der Waals surface area (Å²) in [5.74, 6) is 0.682. The molecule has 0 bridgehead atoms. The van der Waals surface area contributed by atoms with Gasteiger partial charge in [-0.05, 0) is 17.5 Å². The quantitative estimate of drug-likeness (QED) is 0.895. The average Bonchev–Trinajstić information content (AvgIpc) is 2.77. The Labute approximate surface area is 137 Å². The van der Waals surface area contributed by atoms with Gasteiger partial charge in [-0.2, -0.15) is 0 Å². The fraction of sp³-hybridized carbons (Fsp3) is 0.529. The summed E-state index contributed by atoms with van der Waals surface area (Å²) in [7, 11) is 1.55. The van der Waals surface area contributed by atoms with Gasteiger partial charge in [0.15, 0.2) is 0 Å². The average molecular weight is 319 g/mol. The Balaban J connectivity index is 1.90. The van der Waals surface area contributed by atoms with Crippen LogP contribution in [0.3, 0.4) is 0 Å². The van der Waals surface area contributed by atoms with Crippen LogP contribution in [0.5, 0.6) is 5.75 Å². The number of hydrogen-bond acceptors (Lipinski definition) is 3. The maximum Gasteiger partial charge on any atom is 0.319 e. The van der Waals surface area contributed by atoms with E-state index in [4.69, 9.17) is 4.74 Å². The lowest BCUT2D eigenvalue weighted by Crippen LogP contribution is -2.41. The fourth-order valence-corrected chi connectivity index (χ4v) is 2.69. The van der Waals surface area contributed by atoms with E-state index in [-0.39, 0.29) is 23.4 Å². The number of likely N-dealkylation sites (tertiary alicyclic amines) is 1. The van der Waals surface area contributed by atoms with Gasteiger partial charge in [0, 0.05) is 19.5 Å². The first-order chi connectivity index (χ1) is 10.8. The van der Waals surface area contributed by atoms with Crippen molar-refractivity contribution < 1.29 is 14.3 Å². The number of para-hydroxylation sites is 2. The molecule has 0 spiro atoms. The van der Waals surface area contributed by atoms with E-state index in [1.807, 2.05) is 17.0 Å². The molecule has 0 radical (unpaired) electrons. The van der Waals surface area contributed by atoms with Crippen LogP contribution in [0.4, 0.5) is 10.5 Å². The van der Waals surface area contributed by atoms with Crippen LogP contribution in [0.2, 0.25) is 0 Å². The zero-order valence-electron chi connectivity index (χ0n) is 14.2. The molecule has 6 nitrogen and oxygen atoms in total. The molecule has 6 heteroatoms. The molecule has 0 aliphatic carbocycles. The number of nitrogens with one attached hydrogen (secondary N) is 2. The van der Waals surface area contributed by atoms with Crippen molar-refractivity contribution in [2.24, 2.45) is 5.41 Å². The highest BCUT2D eigenvalue weighted by Gasteiger charge is 2.32. The van der Waals surface area contributed by atoms with Gasteiger partial charge in [-0.1, -0.05) is 32.9 Å². The molecule has 0 saturated carbocycles. The second-order valence-corrected chi connectivity index (χ2v) is 7.03. The largest absolute Gasteiger partial charge is 0.495 e. The summed E-state index contributed by atoms with van der Waals surface area (Å²) in [4.78, 5) is 26.0. The monoisotopic (exact) mass is 319 g/mol. The van der Waals surface area contributed by atoms with Crippen molar-refractivity contribution in [2.75, 3.05) is 25.5 Å². The highest BCUT2D eigenvalue weighted by atomic mass is 16.5. The molecule has 1 unspecified atom stereocenters. The zero-order valence-corrected chi connectivity index (χ0v) is 14.2. The van der Waals surface area contributed by atoms with E-state index in [0.717, 1.165) is 0 Å². The second kappa shape index (κ2) is 6.89. The Bertz CT molecular complexity index is 581. The van der Waals surface area contributed by atoms with E-state index in [0.29, 0.717) is 30.9 Å². The van der Waals surface area contributed by atoms with Gasteiger partial charge < -0.3 is 20.3 Å². The fourth-order valence-electron chi connectivity index (χ4n) is 2.69. The first-order valence-corrected chi connectivity index (χ1v) is 7.77. The molecule has 0 aromatic heterocycles. The van der Waals surface area contributed by atoms with Crippen molar-refractivity contribution in [3.63, 3.8) is 0 Å². The number of ether oxygens (including phenoxy) is 1. The molecule has 1 atom stereocenters. The van der Waals surface area contributed by atoms with Crippen LogP contribution in [0.15, 0.2) is 24.3 Å². The Morgan fingerprint density at radius 1 is 1.35 bits per heavy atom. The molecule has 1 fully saturated rings. The molecule has 1 aliphatic rings. The van der Waals surface area contributed by atoms with E-state index in [1.54, 1.807) is 19.2 Å². The topological polar surface area (TPSA) is 70.7 Å². The molecule has 126 valence electrons. The third kappa shape index (κ3) is 4.87. The van der Waals surface area contributed by atoms with Gasteiger partial charge in [-0.3, -0.25) is 4.79 Å². The number of anilines is 1. The lowest BCUT2D eigenvalue weighted by atomic mass is 9.96. The summed E-state index contributed by atoms with van der Waals surface area (Å²) in [6, 6.07) is 6.71. The van der Waals surface area contributed by atoms with E-state index in [9.17, 15) is 9.59 Å². The van der Waals surface area contributed by atoms with Crippen molar-refractivity contribution in [2.45, 2.75) is 33.2 Å². The van der Waals surface area contributed by atoms with Gasteiger partial charge in [0.1, 0.15) is 5.75 Å². The zero-order chi connectivity index (χ0) is 17.0. The van der Waals surface area contributed by atoms with Gasteiger partial charge in [0.05, 0.1) is 18.8 Å². The predicted molar refractivity (Wildman–Crippen MR) is 89.6 cm³/mol. The Morgan fingerprint density at radius 2 is 2.04 bits per heavy atom. The molecule has 2 N–H and O–H groups in total. The molecule has 1 saturated heterocycles. The number of benzene rings is 1. The van der Waals surface area contributed by atoms with Crippen molar-refractivity contribution in [3.8, 4) is 5.75 Å². The number of urea groups is 1. The van der Waals surface area contributed by atoms with Crippen molar-refractivity contribution in [3.05, 3.63) is 24.3 Å². The SMILES string of the molecule is COc1ccccc1NC(=O)NC1CC(=O)N(CC(C)(C)C)C1. The minimum atomic E-state index is -0.329. The van der Waals surface area contributed by atoms with E-state index in [1.165, 1.54) is 0 Å². The standard InChI is InChI=1S/C17H25N3O3/c1-17(2,3)11-20-10-12(9-15(20)21)18-16(22)19-13-7-5-6-8-14(13)23-4/h5-8,12H,9-11H2,1-4H3,(H2,18,19,22). The molecule has 1 aromatic rings. The highest BCUT2D eigenvalue weighted by molar-refractivity contribution is 5.92. The molecule has 23 heavy (non-hydrogen) atoms. The molecular weight excluding hydrogens is 294 g/mol. The number of methoxy groups -OCH3 is 1. The number of rotatable bonds is 4. The van der Waals surface area contributed by atoms with Gasteiger partial charge in [0.25, 0.3) is 0 Å². The van der Waals surface area contributed by atoms with Crippen LogP contribution in [-0.4, -0.2) is 43.1 Å². The van der Waals surface area contributed by atoms with Crippen LogP contribution in [0, 0.1) is 5.41 Å². The van der Waals surface area contributed by atoms with Crippen molar-refractivity contribution in [1.29, 1.82) is 0 Å². The first kappa shape index (κ1) is 17.1. The molecule has 1 aliphatic heterocycles. The van der Waals surface area contributed by atoms with Gasteiger partial charge in [-0.25, -0.2) is 4.79 Å². The van der Waals surface area contributed by atoms with E-state index in [2.05, 4.69) is 31.4 Å². The Morgan fingerprint density at radius 3 is 2.70 bits per heavy atom. The smallest absolute Gasteiger partial charge is 0.319 e. The highest BCUT2D eigenvalue weighted by Crippen LogP contribution is 2.23. The minimum absolute atomic E-state index is 0.0458. The van der Waals surface area contributed by atoms with E-state index < -0.39 is 0 Å². The van der Waals surface area contributed by atoms with Gasteiger partial charge in [0.2, 0.25) is 5.91 Å². The van der Waals surface area contributed by atoms with Crippen LogP contribution >= 0.6 is 0 Å². The molecular formula is C17H25N3O3. The van der Waals surface area contributed by atoms with Crippen molar-refractivity contribution in [1.82, 2.24) is 10.2 Å². The number of nitrogens with zero attached hydrogens (tertiary/aromatic N) is 1. The third-order valence-electron chi connectivity index (χ3n) is 3.57. The van der Waals surface area contributed by atoms with Crippen molar-refractivity contribution >= 4 is 17.6 Å². The minimum Gasteiger partial charge on any atom is -0.495 e. The summed E-state index contributed by atoms with van der Waals surface area (Å²) >= 11 is 0.